The molecule has 1 saturated heterocycles. The Labute approximate surface area is 168 Å². The quantitative estimate of drug-likeness (QED) is 0.0304. The van der Waals surface area contributed by atoms with E-state index in [1.165, 1.54) is 24.2 Å². The molecule has 1 amide bonds. The molecule has 16 nitrogen and oxygen atoms in total. The second kappa shape index (κ2) is 9.60. The summed E-state index contributed by atoms with van der Waals surface area (Å²) in [6.45, 7) is 0. The third-order valence-corrected chi connectivity index (χ3v) is 3.91. The van der Waals surface area contributed by atoms with Gasteiger partial charge in [0.25, 0.3) is 11.9 Å². The Hall–Kier alpha value is -2.41. The first-order chi connectivity index (χ1) is 13.6. The van der Waals surface area contributed by atoms with E-state index in [0.717, 1.165) is 0 Å². The average Bonchev–Trinajstić information content (AvgIpc) is 3.06. The van der Waals surface area contributed by atoms with Crippen molar-refractivity contribution >= 4 is 18.2 Å². The monoisotopic (exact) mass is 441 g/mol. The molecular formula is C14H23N3O13. The molecule has 16 heteroatoms. The van der Waals surface area contributed by atoms with E-state index in [9.17, 15) is 19.8 Å². The van der Waals surface area contributed by atoms with Crippen LogP contribution in [-0.2, 0) is 19.1 Å². The predicted molar refractivity (Wildman–Crippen MR) is 88.7 cm³/mol. The summed E-state index contributed by atoms with van der Waals surface area (Å²) in [5.74, 6) is -17.5. The Morgan fingerprint density at radius 2 is 1.73 bits per heavy atom. The van der Waals surface area contributed by atoms with Gasteiger partial charge in [-0.1, -0.05) is 5.16 Å². The first kappa shape index (κ1) is 25.6. The molecule has 1 aliphatic rings. The molecule has 1 aliphatic heterocycles. The number of amides is 1. The maximum atomic E-state index is 11.8. The summed E-state index contributed by atoms with van der Waals surface area (Å²) in [4.78, 5) is 23.5. The van der Waals surface area contributed by atoms with E-state index in [0.29, 0.717) is 0 Å². The number of rotatable bonds is 9. The smallest absolute Gasteiger partial charge is 0.352 e. The van der Waals surface area contributed by atoms with Gasteiger partial charge in [0.05, 0.1) is 0 Å². The number of carbonyl (C=O) groups excluding carboxylic acids is 2. The summed E-state index contributed by atoms with van der Waals surface area (Å²) in [7, 11) is 1.47. The Morgan fingerprint density at radius 3 is 2.20 bits per heavy atom. The average molecular weight is 441 g/mol. The van der Waals surface area contributed by atoms with Gasteiger partial charge >= 0.3 is 11.9 Å². The van der Waals surface area contributed by atoms with Gasteiger partial charge in [-0.3, -0.25) is 9.59 Å². The largest absolute Gasteiger partial charge is 0.409 e. The highest BCUT2D eigenvalue weighted by molar-refractivity contribution is 5.98. The van der Waals surface area contributed by atoms with Crippen molar-refractivity contribution < 1.29 is 65.1 Å². The summed E-state index contributed by atoms with van der Waals surface area (Å²) in [6, 6.07) is 0. The number of esters is 1. The molecule has 30 heavy (non-hydrogen) atoms. The Kier molecular flexibility index (Phi) is 8.20. The zero-order valence-electron chi connectivity index (χ0n) is 15.4. The molecule has 0 spiro atoms. The Balaban J connectivity index is 2.82. The van der Waals surface area contributed by atoms with Gasteiger partial charge in [-0.15, -0.1) is 0 Å². The number of amidine groups is 1. The molecule has 1 rings (SSSR count). The molecule has 1 fully saturated rings. The topological polar surface area (TPSA) is 262 Å². The number of ether oxygens (including phenoxy) is 2. The molecule has 2 unspecified atom stereocenters. The van der Waals surface area contributed by atoms with Gasteiger partial charge in [0.15, 0.2) is 11.9 Å². The molecule has 0 bridgehead atoms. The zero-order chi connectivity index (χ0) is 23.3. The van der Waals surface area contributed by atoms with E-state index in [1.54, 1.807) is 0 Å². The normalized spacial score (nSPS) is 21.2. The van der Waals surface area contributed by atoms with Gasteiger partial charge in [0, 0.05) is 19.3 Å². The lowest BCUT2D eigenvalue weighted by molar-refractivity contribution is -0.438. The molecule has 0 aliphatic carbocycles. The van der Waals surface area contributed by atoms with Crippen LogP contribution in [-0.4, -0.2) is 106 Å². The molecule has 2 atom stereocenters. The highest BCUT2D eigenvalue weighted by Crippen LogP contribution is 2.31. The third-order valence-electron chi connectivity index (χ3n) is 3.91. The second-order valence-electron chi connectivity index (χ2n) is 6.27. The minimum Gasteiger partial charge on any atom is -0.409 e. The summed E-state index contributed by atoms with van der Waals surface area (Å²) >= 11 is 0. The van der Waals surface area contributed by atoms with Crippen LogP contribution in [0.5, 0.6) is 0 Å². The molecule has 172 valence electrons. The van der Waals surface area contributed by atoms with Gasteiger partial charge in [-0.2, -0.15) is 0 Å². The number of nitrogens with zero attached hydrogens (tertiary/aromatic N) is 2. The number of aliphatic hydroxyl groups is 8. The first-order valence-corrected chi connectivity index (χ1v) is 8.13. The molecule has 10 N–H and O–H groups in total. The molecule has 0 radical (unpaired) electrons. The fourth-order valence-electron chi connectivity index (χ4n) is 2.50. The van der Waals surface area contributed by atoms with E-state index < -0.39 is 42.1 Å². The van der Waals surface area contributed by atoms with Crippen LogP contribution >= 0.6 is 0 Å². The standard InChI is InChI=1S/C14H23N3O13/c1-17(5-4-8(16-28)15-6-18)9-3-2-7(29-9)14(26,27)30-11(19)10(12(20,21)22)13(23,24)25/h4-7,9-10,20-28H,2-3H2,1H3,(H,15,16,18)/b5-4-. The highest BCUT2D eigenvalue weighted by atomic mass is 16.8. The molecule has 0 aromatic carbocycles. The predicted octanol–water partition coefficient (Wildman–Crippen LogP) is -5.47. The van der Waals surface area contributed by atoms with Crippen LogP contribution in [0.2, 0.25) is 0 Å². The maximum absolute atomic E-state index is 11.8. The minimum atomic E-state index is -4.20. The third kappa shape index (κ3) is 6.83. The molecule has 0 aromatic rings. The minimum absolute atomic E-state index is 0.133. The summed E-state index contributed by atoms with van der Waals surface area (Å²) in [6.07, 6.45) is 0.269. The summed E-state index contributed by atoms with van der Waals surface area (Å²) in [5, 5.41) is 87.4. The fourth-order valence-corrected chi connectivity index (χ4v) is 2.50. The van der Waals surface area contributed by atoms with Crippen molar-refractivity contribution in [3.05, 3.63) is 12.3 Å². The SMILES string of the molecule is CN(/C=C\C(=NO)NC=O)C1CCC(C(O)(O)OC(=O)C(C(O)(O)O)C(O)(O)O)O1. The number of nitrogens with one attached hydrogen (secondary N) is 1. The van der Waals surface area contributed by atoms with Crippen molar-refractivity contribution in [3.8, 4) is 0 Å². The van der Waals surface area contributed by atoms with Crippen molar-refractivity contribution in [1.29, 1.82) is 0 Å². The van der Waals surface area contributed by atoms with Crippen LogP contribution < -0.4 is 5.32 Å². The van der Waals surface area contributed by atoms with Crippen molar-refractivity contribution in [2.24, 2.45) is 11.1 Å². The van der Waals surface area contributed by atoms with Crippen LogP contribution in [0.15, 0.2) is 17.4 Å². The van der Waals surface area contributed by atoms with E-state index >= 15 is 0 Å². The molecule has 1 heterocycles. The molecule has 0 saturated carbocycles. The van der Waals surface area contributed by atoms with E-state index in [1.807, 2.05) is 0 Å². The maximum Gasteiger partial charge on any atom is 0.352 e. The van der Waals surface area contributed by atoms with Crippen molar-refractivity contribution in [2.45, 2.75) is 43.1 Å². The number of hydrogen-bond acceptors (Lipinski definition) is 15. The van der Waals surface area contributed by atoms with Crippen molar-refractivity contribution in [2.75, 3.05) is 7.05 Å². The lowest BCUT2D eigenvalue weighted by atomic mass is 10.0. The molecule has 0 aromatic heterocycles. The summed E-state index contributed by atoms with van der Waals surface area (Å²) in [5.41, 5.74) is 0. The van der Waals surface area contributed by atoms with Crippen LogP contribution in [0.1, 0.15) is 12.8 Å². The fraction of sp³-hybridized carbons (Fsp3) is 0.643. The van der Waals surface area contributed by atoms with Crippen molar-refractivity contribution in [3.63, 3.8) is 0 Å². The van der Waals surface area contributed by atoms with Crippen LogP contribution in [0.25, 0.3) is 0 Å². The summed E-state index contributed by atoms with van der Waals surface area (Å²) < 4.78 is 9.46. The first-order valence-electron chi connectivity index (χ1n) is 8.13. The van der Waals surface area contributed by atoms with E-state index in [-0.39, 0.29) is 25.1 Å². The van der Waals surface area contributed by atoms with Gasteiger partial charge in [0.2, 0.25) is 12.3 Å². The lowest BCUT2D eigenvalue weighted by Crippen LogP contribution is -2.59. The second-order valence-corrected chi connectivity index (χ2v) is 6.27. The number of oxime groups is 1. The number of carbonyl (C=O) groups is 2. The van der Waals surface area contributed by atoms with Crippen LogP contribution in [0, 0.1) is 5.92 Å². The van der Waals surface area contributed by atoms with Gasteiger partial charge in [-0.25, -0.2) is 0 Å². The van der Waals surface area contributed by atoms with E-state index in [4.69, 9.17) is 40.6 Å². The van der Waals surface area contributed by atoms with Gasteiger partial charge in [0.1, 0.15) is 6.23 Å². The lowest BCUT2D eigenvalue weighted by Gasteiger charge is -2.34. The number of hydrogen-bond donors (Lipinski definition) is 10. The van der Waals surface area contributed by atoms with Crippen LogP contribution in [0.3, 0.4) is 0 Å². The highest BCUT2D eigenvalue weighted by Gasteiger charge is 2.56. The Bertz CT molecular complexity index is 653. The molecular weight excluding hydrogens is 418 g/mol. The Morgan fingerprint density at radius 1 is 1.17 bits per heavy atom. The zero-order valence-corrected chi connectivity index (χ0v) is 15.4. The van der Waals surface area contributed by atoms with Crippen molar-refractivity contribution in [1.82, 2.24) is 10.2 Å². The van der Waals surface area contributed by atoms with E-state index in [2.05, 4.69) is 15.2 Å². The van der Waals surface area contributed by atoms with Gasteiger partial charge in [-0.05, 0) is 12.8 Å². The van der Waals surface area contributed by atoms with Crippen LogP contribution in [0.4, 0.5) is 0 Å². The van der Waals surface area contributed by atoms with Gasteiger partial charge < -0.3 is 65.7 Å².